The van der Waals surface area contributed by atoms with Crippen LogP contribution in [-0.2, 0) is 4.74 Å². The monoisotopic (exact) mass is 211 g/mol. The van der Waals surface area contributed by atoms with Gasteiger partial charge < -0.3 is 10.1 Å². The van der Waals surface area contributed by atoms with Crippen LogP contribution in [0.5, 0.6) is 0 Å². The van der Waals surface area contributed by atoms with Crippen molar-refractivity contribution in [3.8, 4) is 0 Å². The van der Waals surface area contributed by atoms with Gasteiger partial charge in [-0.2, -0.15) is 0 Å². The number of nitrogens with one attached hydrogen (secondary N) is 1. The van der Waals surface area contributed by atoms with E-state index in [0.717, 1.165) is 12.0 Å². The van der Waals surface area contributed by atoms with Crippen molar-refractivity contribution in [2.24, 2.45) is 0 Å². The Hall–Kier alpha value is -1.22. The van der Waals surface area contributed by atoms with Gasteiger partial charge >= 0.3 is 6.09 Å². The molecule has 1 fully saturated rings. The van der Waals surface area contributed by atoms with Gasteiger partial charge in [0.25, 0.3) is 0 Å². The lowest BCUT2D eigenvalue weighted by Crippen LogP contribution is -2.35. The third-order valence-electron chi connectivity index (χ3n) is 2.18. The quantitative estimate of drug-likeness (QED) is 0.775. The molecule has 0 unspecified atom stereocenters. The molecule has 1 aliphatic rings. The number of hydrogen-bond acceptors (Lipinski definition) is 2. The van der Waals surface area contributed by atoms with Crippen molar-refractivity contribution in [3.05, 3.63) is 34.9 Å². The van der Waals surface area contributed by atoms with Gasteiger partial charge in [-0.25, -0.2) is 4.79 Å². The van der Waals surface area contributed by atoms with Crippen molar-refractivity contribution in [1.82, 2.24) is 5.32 Å². The van der Waals surface area contributed by atoms with Crippen LogP contribution in [-0.4, -0.2) is 12.7 Å². The van der Waals surface area contributed by atoms with Crippen molar-refractivity contribution in [2.45, 2.75) is 12.5 Å². The molecule has 2 rings (SSSR count). The Bertz CT molecular complexity index is 354. The minimum atomic E-state index is -0.360. The average molecular weight is 212 g/mol. The molecule has 0 spiro atoms. The Balaban J connectivity index is 2.17. The third-order valence-corrected chi connectivity index (χ3v) is 2.42. The van der Waals surface area contributed by atoms with Crippen molar-refractivity contribution in [2.75, 3.05) is 6.61 Å². The summed E-state index contributed by atoms with van der Waals surface area (Å²) in [7, 11) is 0. The van der Waals surface area contributed by atoms with Gasteiger partial charge in [0, 0.05) is 11.4 Å². The zero-order chi connectivity index (χ0) is 9.97. The van der Waals surface area contributed by atoms with Crippen molar-refractivity contribution >= 4 is 17.7 Å². The fourth-order valence-corrected chi connectivity index (χ4v) is 1.70. The molecule has 3 nitrogen and oxygen atoms in total. The number of hydrogen-bond donors (Lipinski definition) is 1. The molecule has 74 valence electrons. The number of ether oxygens (including phenoxy) is 1. The molecule has 1 atom stereocenters. The first-order valence-electron chi connectivity index (χ1n) is 4.44. The van der Waals surface area contributed by atoms with Crippen LogP contribution >= 0.6 is 11.6 Å². The second kappa shape index (κ2) is 3.88. The molecule has 0 bridgehead atoms. The molecule has 4 heteroatoms. The Morgan fingerprint density at radius 1 is 1.50 bits per heavy atom. The molecule has 0 saturated carbocycles. The van der Waals surface area contributed by atoms with E-state index in [-0.39, 0.29) is 12.1 Å². The molecule has 1 N–H and O–H groups in total. The van der Waals surface area contributed by atoms with Gasteiger partial charge in [-0.05, 0) is 17.7 Å². The topological polar surface area (TPSA) is 38.3 Å². The highest BCUT2D eigenvalue weighted by atomic mass is 35.5. The predicted molar refractivity (Wildman–Crippen MR) is 53.3 cm³/mol. The summed E-state index contributed by atoms with van der Waals surface area (Å²) in [6, 6.07) is 7.51. The first-order valence-corrected chi connectivity index (χ1v) is 4.82. The van der Waals surface area contributed by atoms with E-state index in [9.17, 15) is 4.79 Å². The molecule has 0 radical (unpaired) electrons. The molecule has 1 aromatic carbocycles. The molecule has 0 aliphatic carbocycles. The van der Waals surface area contributed by atoms with E-state index in [2.05, 4.69) is 5.32 Å². The number of carbonyl (C=O) groups excluding carboxylic acids is 1. The Kier molecular flexibility index (Phi) is 2.59. The van der Waals surface area contributed by atoms with Crippen molar-refractivity contribution < 1.29 is 9.53 Å². The first-order chi connectivity index (χ1) is 6.75. The Morgan fingerprint density at radius 3 is 3.07 bits per heavy atom. The summed E-state index contributed by atoms with van der Waals surface area (Å²) in [4.78, 5) is 11.0. The number of cyclic esters (lactones) is 1. The minimum absolute atomic E-state index is 0.0231. The Morgan fingerprint density at radius 2 is 2.36 bits per heavy atom. The van der Waals surface area contributed by atoms with E-state index < -0.39 is 0 Å². The summed E-state index contributed by atoms with van der Waals surface area (Å²) < 4.78 is 4.78. The maximum absolute atomic E-state index is 11.0. The highest BCUT2D eigenvalue weighted by Crippen LogP contribution is 2.22. The largest absolute Gasteiger partial charge is 0.449 e. The second-order valence-electron chi connectivity index (χ2n) is 3.18. The van der Waals surface area contributed by atoms with Gasteiger partial charge in [-0.15, -0.1) is 0 Å². The zero-order valence-electron chi connectivity index (χ0n) is 7.50. The number of benzene rings is 1. The smallest absolute Gasteiger partial charge is 0.407 e. The molecular weight excluding hydrogens is 202 g/mol. The molecule has 1 saturated heterocycles. The molecule has 1 heterocycles. The van der Waals surface area contributed by atoms with Gasteiger partial charge in [-0.1, -0.05) is 23.7 Å². The standard InChI is InChI=1S/C10H10ClNO2/c11-8-3-1-2-7(6-8)9-4-5-14-10(13)12-9/h1-3,6,9H,4-5H2,(H,12,13)/t9-/m0/s1. The summed E-state index contributed by atoms with van der Waals surface area (Å²) in [5, 5.41) is 3.42. The fourth-order valence-electron chi connectivity index (χ4n) is 1.50. The van der Waals surface area contributed by atoms with E-state index in [0.29, 0.717) is 11.6 Å². The van der Waals surface area contributed by atoms with Crippen LogP contribution in [0, 0.1) is 0 Å². The van der Waals surface area contributed by atoms with Gasteiger partial charge in [-0.3, -0.25) is 0 Å². The maximum atomic E-state index is 11.0. The number of halogens is 1. The third kappa shape index (κ3) is 1.99. The lowest BCUT2D eigenvalue weighted by atomic mass is 10.0. The summed E-state index contributed by atoms with van der Waals surface area (Å²) >= 11 is 5.86. The minimum Gasteiger partial charge on any atom is -0.449 e. The molecule has 1 amide bonds. The summed E-state index contributed by atoms with van der Waals surface area (Å²) in [5.74, 6) is 0. The number of carbonyl (C=O) groups is 1. The highest BCUT2D eigenvalue weighted by molar-refractivity contribution is 6.30. The molecule has 1 aromatic rings. The van der Waals surface area contributed by atoms with Gasteiger partial charge in [0.1, 0.15) is 0 Å². The van der Waals surface area contributed by atoms with Crippen molar-refractivity contribution in [1.29, 1.82) is 0 Å². The van der Waals surface area contributed by atoms with Crippen LogP contribution < -0.4 is 5.32 Å². The molecule has 0 aromatic heterocycles. The summed E-state index contributed by atoms with van der Waals surface area (Å²) in [6.07, 6.45) is 0.424. The maximum Gasteiger partial charge on any atom is 0.407 e. The summed E-state index contributed by atoms with van der Waals surface area (Å²) in [5.41, 5.74) is 1.02. The van der Waals surface area contributed by atoms with Crippen LogP contribution in [0.1, 0.15) is 18.0 Å². The van der Waals surface area contributed by atoms with Crippen LogP contribution in [0.15, 0.2) is 24.3 Å². The van der Waals surface area contributed by atoms with Crippen LogP contribution in [0.25, 0.3) is 0 Å². The first kappa shape index (κ1) is 9.34. The summed E-state index contributed by atoms with van der Waals surface area (Å²) in [6.45, 7) is 0.461. The lowest BCUT2D eigenvalue weighted by Gasteiger charge is -2.23. The molecular formula is C10H10ClNO2. The van der Waals surface area contributed by atoms with E-state index >= 15 is 0 Å². The highest BCUT2D eigenvalue weighted by Gasteiger charge is 2.20. The Labute approximate surface area is 87.0 Å². The number of alkyl carbamates (subject to hydrolysis) is 1. The lowest BCUT2D eigenvalue weighted by molar-refractivity contribution is 0.115. The fraction of sp³-hybridized carbons (Fsp3) is 0.300. The van der Waals surface area contributed by atoms with Gasteiger partial charge in [0.15, 0.2) is 0 Å². The SMILES string of the molecule is O=C1N[C@H](c2cccc(Cl)c2)CCO1. The van der Waals surface area contributed by atoms with Crippen LogP contribution in [0.4, 0.5) is 4.79 Å². The predicted octanol–water partition coefficient (Wildman–Crippen LogP) is 2.51. The zero-order valence-corrected chi connectivity index (χ0v) is 8.25. The van der Waals surface area contributed by atoms with E-state index in [1.165, 1.54) is 0 Å². The number of amides is 1. The van der Waals surface area contributed by atoms with E-state index in [1.807, 2.05) is 24.3 Å². The van der Waals surface area contributed by atoms with Gasteiger partial charge in [0.05, 0.1) is 12.6 Å². The van der Waals surface area contributed by atoms with Gasteiger partial charge in [0.2, 0.25) is 0 Å². The molecule has 1 aliphatic heterocycles. The van der Waals surface area contributed by atoms with Crippen molar-refractivity contribution in [3.63, 3.8) is 0 Å². The molecule has 14 heavy (non-hydrogen) atoms. The van der Waals surface area contributed by atoms with E-state index in [1.54, 1.807) is 0 Å². The second-order valence-corrected chi connectivity index (χ2v) is 3.61. The van der Waals surface area contributed by atoms with E-state index in [4.69, 9.17) is 16.3 Å². The average Bonchev–Trinajstić information content (AvgIpc) is 2.18. The normalized spacial score (nSPS) is 21.2. The number of rotatable bonds is 1. The van der Waals surface area contributed by atoms with Crippen LogP contribution in [0.3, 0.4) is 0 Å². The van der Waals surface area contributed by atoms with Crippen LogP contribution in [0.2, 0.25) is 5.02 Å².